The van der Waals surface area contributed by atoms with Crippen molar-refractivity contribution >= 4 is 44.7 Å². The van der Waals surface area contributed by atoms with Gasteiger partial charge in [0.25, 0.3) is 5.91 Å². The second-order valence-corrected chi connectivity index (χ2v) is 11.0. The highest BCUT2D eigenvalue weighted by Crippen LogP contribution is 2.32. The maximum Gasteiger partial charge on any atom is 0.406 e. The number of hydrogen-bond donors (Lipinski definition) is 3. The summed E-state index contributed by atoms with van der Waals surface area (Å²) in [5.74, 6) is 5.81. The van der Waals surface area contributed by atoms with E-state index in [1.807, 2.05) is 11.9 Å². The van der Waals surface area contributed by atoms with E-state index in [9.17, 15) is 22.4 Å². The van der Waals surface area contributed by atoms with Gasteiger partial charge in [-0.2, -0.15) is 13.2 Å². The van der Waals surface area contributed by atoms with Crippen molar-refractivity contribution in [3.8, 4) is 17.6 Å². The second kappa shape index (κ2) is 12.9. The number of anilines is 3. The highest BCUT2D eigenvalue weighted by atomic mass is 32.1. The Morgan fingerprint density at radius 2 is 2.05 bits per heavy atom. The maximum atomic E-state index is 14.7. The van der Waals surface area contributed by atoms with Crippen LogP contribution in [-0.2, 0) is 6.54 Å². The normalized spacial score (nSPS) is 17.3. The molecular weight excluding hydrogens is 584 g/mol. The molecule has 1 aliphatic heterocycles. The molecule has 3 heterocycles. The van der Waals surface area contributed by atoms with E-state index in [1.165, 1.54) is 18.4 Å². The van der Waals surface area contributed by atoms with Gasteiger partial charge in [0.05, 0.1) is 36.6 Å². The number of nitrogens with zero attached hydrogens (tertiary/aromatic N) is 3. The van der Waals surface area contributed by atoms with Crippen molar-refractivity contribution < 1.29 is 27.1 Å². The van der Waals surface area contributed by atoms with Crippen LogP contribution in [0, 0.1) is 11.8 Å². The molecule has 1 saturated heterocycles. The SMILES string of the molecule is COc1cc(C(=O)Nc2nccs2)ccc1NCC#Cc1cc2c(N[C@@H]3CCN(C)C[C@@H]3F)cccc2n1CC(F)(F)F. The summed E-state index contributed by atoms with van der Waals surface area (Å²) >= 11 is 1.30. The van der Waals surface area contributed by atoms with Crippen molar-refractivity contribution in [3.63, 3.8) is 0 Å². The number of carbonyl (C=O) groups excluding carboxylic acids is 1. The molecule has 0 radical (unpaired) electrons. The van der Waals surface area contributed by atoms with E-state index in [1.54, 1.807) is 54.0 Å². The number of fused-ring (bicyclic) bond motifs is 1. The number of aromatic nitrogens is 2. The minimum absolute atomic E-state index is 0.0960. The molecule has 13 heteroatoms. The van der Waals surface area contributed by atoms with E-state index in [4.69, 9.17) is 4.74 Å². The Balaban J connectivity index is 1.35. The van der Waals surface area contributed by atoms with Crippen LogP contribution < -0.4 is 20.7 Å². The molecule has 1 amide bonds. The topological polar surface area (TPSA) is 83.4 Å². The molecule has 4 aromatic rings. The second-order valence-electron chi connectivity index (χ2n) is 10.1. The predicted molar refractivity (Wildman–Crippen MR) is 161 cm³/mol. The monoisotopic (exact) mass is 614 g/mol. The Bertz CT molecular complexity index is 1640. The van der Waals surface area contributed by atoms with Crippen molar-refractivity contribution in [2.75, 3.05) is 49.7 Å². The number of methoxy groups -OCH3 is 1. The van der Waals surface area contributed by atoms with Gasteiger partial charge < -0.3 is 24.8 Å². The number of alkyl halides is 4. The molecule has 3 N–H and O–H groups in total. The summed E-state index contributed by atoms with van der Waals surface area (Å²) < 4.78 is 62.0. The molecule has 5 rings (SSSR count). The van der Waals surface area contributed by atoms with Crippen LogP contribution in [0.2, 0.25) is 0 Å². The van der Waals surface area contributed by atoms with Gasteiger partial charge in [-0.3, -0.25) is 10.1 Å². The van der Waals surface area contributed by atoms with Gasteiger partial charge in [0.15, 0.2) is 5.13 Å². The molecule has 0 spiro atoms. The highest BCUT2D eigenvalue weighted by molar-refractivity contribution is 7.13. The van der Waals surface area contributed by atoms with E-state index in [2.05, 4.69) is 32.8 Å². The highest BCUT2D eigenvalue weighted by Gasteiger charge is 2.31. The number of hydrogen-bond acceptors (Lipinski definition) is 7. The van der Waals surface area contributed by atoms with Gasteiger partial charge in [-0.05, 0) is 55.8 Å². The van der Waals surface area contributed by atoms with Crippen molar-refractivity contribution in [2.45, 2.75) is 31.4 Å². The molecule has 0 unspecified atom stereocenters. The van der Waals surface area contributed by atoms with E-state index in [-0.39, 0.29) is 18.1 Å². The number of rotatable bonds is 8. The fourth-order valence-corrected chi connectivity index (χ4v) is 5.51. The van der Waals surface area contributed by atoms with Crippen LogP contribution in [0.5, 0.6) is 5.75 Å². The number of thiazole rings is 1. The molecule has 2 atom stereocenters. The van der Waals surface area contributed by atoms with Crippen molar-refractivity contribution in [1.82, 2.24) is 14.5 Å². The number of piperidine rings is 1. The number of likely N-dealkylation sites (tertiary alicyclic amines) is 1. The Labute approximate surface area is 250 Å². The molecular formula is C30H30F4N6O2S. The van der Waals surface area contributed by atoms with Crippen molar-refractivity contribution in [2.24, 2.45) is 0 Å². The van der Waals surface area contributed by atoms with Crippen LogP contribution in [0.3, 0.4) is 0 Å². The number of halogens is 4. The van der Waals surface area contributed by atoms with Crippen molar-refractivity contribution in [1.29, 1.82) is 0 Å². The fraction of sp³-hybridized carbons (Fsp3) is 0.333. The third-order valence-corrected chi connectivity index (χ3v) is 7.76. The van der Waals surface area contributed by atoms with Gasteiger partial charge >= 0.3 is 6.18 Å². The summed E-state index contributed by atoms with van der Waals surface area (Å²) in [5, 5.41) is 11.8. The molecule has 0 bridgehead atoms. The Kier molecular flexibility index (Phi) is 9.08. The minimum atomic E-state index is -4.47. The van der Waals surface area contributed by atoms with Crippen LogP contribution in [0.25, 0.3) is 10.9 Å². The lowest BCUT2D eigenvalue weighted by Gasteiger charge is -2.33. The standard InChI is InChI=1S/C30H30F4N6O2S/c1-39-13-10-24(22(31)17-39)37-23-6-3-7-26-21(23)16-20(40(26)18-30(32,33)34)5-4-11-35-25-9-8-19(15-27(25)42-2)28(41)38-29-36-12-14-43-29/h3,6-9,12,14-16,22,24,35,37H,10-11,13,17-18H2,1-2H3,(H,36,38,41)/t22-,24+/m0/s1. The van der Waals surface area contributed by atoms with Gasteiger partial charge in [0.1, 0.15) is 18.5 Å². The summed E-state index contributed by atoms with van der Waals surface area (Å²) in [7, 11) is 3.32. The molecule has 8 nitrogen and oxygen atoms in total. The van der Waals surface area contributed by atoms with Crippen LogP contribution in [0.1, 0.15) is 22.5 Å². The summed E-state index contributed by atoms with van der Waals surface area (Å²) in [6.45, 7) is -0.103. The third-order valence-electron chi connectivity index (χ3n) is 7.07. The largest absolute Gasteiger partial charge is 0.495 e. The van der Waals surface area contributed by atoms with Crippen molar-refractivity contribution in [3.05, 3.63) is 65.3 Å². The number of amides is 1. The molecule has 226 valence electrons. The summed E-state index contributed by atoms with van der Waals surface area (Å²) in [5.41, 5.74) is 2.04. The van der Waals surface area contributed by atoms with Gasteiger partial charge in [-0.25, -0.2) is 9.37 Å². The molecule has 0 saturated carbocycles. The van der Waals surface area contributed by atoms with Crippen LogP contribution in [0.15, 0.2) is 54.0 Å². The minimum Gasteiger partial charge on any atom is -0.495 e. The van der Waals surface area contributed by atoms with Gasteiger partial charge in [0, 0.05) is 41.3 Å². The lowest BCUT2D eigenvalue weighted by molar-refractivity contribution is -0.140. The van der Waals surface area contributed by atoms with E-state index < -0.39 is 24.9 Å². The van der Waals surface area contributed by atoms with Gasteiger partial charge in [-0.1, -0.05) is 12.0 Å². The van der Waals surface area contributed by atoms with Crippen LogP contribution in [-0.4, -0.2) is 72.5 Å². The predicted octanol–water partition coefficient (Wildman–Crippen LogP) is 5.84. The first-order valence-electron chi connectivity index (χ1n) is 13.5. The summed E-state index contributed by atoms with van der Waals surface area (Å²) in [6.07, 6.45) is -3.40. The number of ether oxygens (including phenoxy) is 1. The average molecular weight is 615 g/mol. The maximum absolute atomic E-state index is 14.7. The Hall–Kier alpha value is -4.28. The zero-order chi connectivity index (χ0) is 30.6. The van der Waals surface area contributed by atoms with E-state index in [0.29, 0.717) is 51.7 Å². The molecule has 1 fully saturated rings. The van der Waals surface area contributed by atoms with Crippen LogP contribution >= 0.6 is 11.3 Å². The number of nitrogens with one attached hydrogen (secondary N) is 3. The first-order valence-corrected chi connectivity index (χ1v) is 14.4. The molecule has 0 aliphatic carbocycles. The first-order chi connectivity index (χ1) is 20.6. The summed E-state index contributed by atoms with van der Waals surface area (Å²) in [4.78, 5) is 18.5. The van der Waals surface area contributed by atoms with Crippen LogP contribution in [0.4, 0.5) is 34.1 Å². The molecule has 2 aromatic carbocycles. The number of carbonyl (C=O) groups is 1. The first kappa shape index (κ1) is 30.2. The lowest BCUT2D eigenvalue weighted by atomic mass is 10.0. The number of benzene rings is 2. The molecule has 2 aromatic heterocycles. The van der Waals surface area contributed by atoms with E-state index in [0.717, 1.165) is 11.1 Å². The zero-order valence-electron chi connectivity index (χ0n) is 23.5. The van der Waals surface area contributed by atoms with Gasteiger partial charge in [0.2, 0.25) is 0 Å². The average Bonchev–Trinajstić information content (AvgIpc) is 3.60. The third kappa shape index (κ3) is 7.39. The summed E-state index contributed by atoms with van der Waals surface area (Å²) in [6, 6.07) is 11.0. The fourth-order valence-electron chi connectivity index (χ4n) is 4.99. The smallest absolute Gasteiger partial charge is 0.406 e. The van der Waals surface area contributed by atoms with Gasteiger partial charge in [-0.15, -0.1) is 11.3 Å². The van der Waals surface area contributed by atoms with E-state index >= 15 is 0 Å². The Morgan fingerprint density at radius 1 is 1.21 bits per heavy atom. The molecule has 1 aliphatic rings. The zero-order valence-corrected chi connectivity index (χ0v) is 24.3. The lowest BCUT2D eigenvalue weighted by Crippen LogP contribution is -2.46. The molecule has 43 heavy (non-hydrogen) atoms. The Morgan fingerprint density at radius 3 is 2.77 bits per heavy atom. The quantitative estimate of drug-likeness (QED) is 0.171.